The molecule has 0 radical (unpaired) electrons. The number of hydrogen-bond donors (Lipinski definition) is 0. The van der Waals surface area contributed by atoms with Crippen LogP contribution in [0.25, 0.3) is 6.08 Å². The highest BCUT2D eigenvalue weighted by Gasteiger charge is 2.07. The minimum Gasteiger partial charge on any atom is -0.465 e. The van der Waals surface area contributed by atoms with Gasteiger partial charge in [-0.2, -0.15) is 0 Å². The van der Waals surface area contributed by atoms with Crippen LogP contribution in [-0.2, 0) is 9.53 Å². The smallest absolute Gasteiger partial charge is 0.337 e. The zero-order valence-corrected chi connectivity index (χ0v) is 11.8. The first kappa shape index (κ1) is 15.4. The molecule has 0 aromatic heterocycles. The molecule has 0 amide bonds. The first-order chi connectivity index (χ1) is 10.6. The Hall–Kier alpha value is -2.95. The summed E-state index contributed by atoms with van der Waals surface area (Å²) in [6, 6.07) is 11.9. The Kier molecular flexibility index (Phi) is 5.03. The van der Waals surface area contributed by atoms with Gasteiger partial charge in [-0.05, 0) is 42.0 Å². The molecule has 0 saturated heterocycles. The average Bonchev–Trinajstić information content (AvgIpc) is 2.52. The summed E-state index contributed by atoms with van der Waals surface area (Å²) in [6.45, 7) is 0. The van der Waals surface area contributed by atoms with E-state index in [9.17, 15) is 14.0 Å². The van der Waals surface area contributed by atoms with Crippen LogP contribution in [0.3, 0.4) is 0 Å². The normalized spacial score (nSPS) is 10.5. The van der Waals surface area contributed by atoms with E-state index in [4.69, 9.17) is 4.74 Å². The Morgan fingerprint density at radius 1 is 1.09 bits per heavy atom. The van der Waals surface area contributed by atoms with Crippen LogP contribution in [0.5, 0.6) is 5.75 Å². The molecule has 5 heteroatoms. The predicted molar refractivity (Wildman–Crippen MR) is 78.9 cm³/mol. The lowest BCUT2D eigenvalue weighted by Crippen LogP contribution is -2.06. The number of methoxy groups -OCH3 is 1. The maximum absolute atomic E-state index is 13.0. The van der Waals surface area contributed by atoms with E-state index in [1.807, 2.05) is 0 Å². The maximum atomic E-state index is 13.0. The monoisotopic (exact) mass is 300 g/mol. The Bertz CT molecular complexity index is 722. The number of esters is 2. The van der Waals surface area contributed by atoms with Crippen LogP contribution in [-0.4, -0.2) is 19.0 Å². The van der Waals surface area contributed by atoms with Crippen molar-refractivity contribution in [2.24, 2.45) is 0 Å². The first-order valence-electron chi connectivity index (χ1n) is 6.42. The largest absolute Gasteiger partial charge is 0.465 e. The summed E-state index contributed by atoms with van der Waals surface area (Å²) in [5.74, 6) is -1.32. The molecule has 0 N–H and O–H groups in total. The molecule has 4 nitrogen and oxygen atoms in total. The summed E-state index contributed by atoms with van der Waals surface area (Å²) in [5, 5.41) is 0. The number of ether oxygens (including phenoxy) is 2. The highest BCUT2D eigenvalue weighted by atomic mass is 19.1. The summed E-state index contributed by atoms with van der Waals surface area (Å²) < 4.78 is 22.7. The molecule has 0 aliphatic heterocycles. The van der Waals surface area contributed by atoms with Gasteiger partial charge >= 0.3 is 11.9 Å². The number of carbonyl (C=O) groups is 2. The fourth-order valence-electron chi connectivity index (χ4n) is 1.73. The van der Waals surface area contributed by atoms with Crippen molar-refractivity contribution in [3.63, 3.8) is 0 Å². The van der Waals surface area contributed by atoms with Crippen LogP contribution in [0.2, 0.25) is 0 Å². The van der Waals surface area contributed by atoms with Crippen molar-refractivity contribution in [3.05, 3.63) is 71.6 Å². The molecule has 2 rings (SSSR count). The van der Waals surface area contributed by atoms with Crippen molar-refractivity contribution in [2.75, 3.05) is 7.11 Å². The molecule has 112 valence electrons. The highest BCUT2D eigenvalue weighted by molar-refractivity contribution is 5.91. The van der Waals surface area contributed by atoms with Gasteiger partial charge in [-0.1, -0.05) is 18.2 Å². The van der Waals surface area contributed by atoms with Crippen LogP contribution in [0.4, 0.5) is 4.39 Å². The molecule has 0 heterocycles. The Morgan fingerprint density at radius 3 is 2.59 bits per heavy atom. The van der Waals surface area contributed by atoms with E-state index in [0.717, 1.165) is 0 Å². The van der Waals surface area contributed by atoms with E-state index in [1.54, 1.807) is 30.3 Å². The Labute approximate surface area is 126 Å². The quantitative estimate of drug-likeness (QED) is 0.494. The lowest BCUT2D eigenvalue weighted by Gasteiger charge is -2.03. The lowest BCUT2D eigenvalue weighted by atomic mass is 10.2. The fourth-order valence-corrected chi connectivity index (χ4v) is 1.73. The third-order valence-corrected chi connectivity index (χ3v) is 2.73. The van der Waals surface area contributed by atoms with Gasteiger partial charge in [-0.25, -0.2) is 14.0 Å². The maximum Gasteiger partial charge on any atom is 0.337 e. The van der Waals surface area contributed by atoms with Crippen molar-refractivity contribution in [1.82, 2.24) is 0 Å². The van der Waals surface area contributed by atoms with E-state index in [1.165, 1.54) is 37.5 Å². The van der Waals surface area contributed by atoms with Gasteiger partial charge < -0.3 is 9.47 Å². The van der Waals surface area contributed by atoms with Gasteiger partial charge in [-0.3, -0.25) is 0 Å². The SMILES string of the molecule is COC(=O)c1cccc(OC(=O)/C=C/c2cccc(F)c2)c1. The molecule has 0 unspecified atom stereocenters. The Balaban J connectivity index is 2.04. The average molecular weight is 300 g/mol. The summed E-state index contributed by atoms with van der Waals surface area (Å²) in [5.41, 5.74) is 0.821. The van der Waals surface area contributed by atoms with E-state index >= 15 is 0 Å². The number of halogens is 1. The van der Waals surface area contributed by atoms with Crippen LogP contribution in [0.1, 0.15) is 15.9 Å². The van der Waals surface area contributed by atoms with Gasteiger partial charge in [0.25, 0.3) is 0 Å². The third-order valence-electron chi connectivity index (χ3n) is 2.73. The Morgan fingerprint density at radius 2 is 1.86 bits per heavy atom. The molecule has 0 atom stereocenters. The van der Waals surface area contributed by atoms with Crippen molar-refractivity contribution >= 4 is 18.0 Å². The summed E-state index contributed by atoms with van der Waals surface area (Å²) in [7, 11) is 1.27. The van der Waals surface area contributed by atoms with E-state index < -0.39 is 11.9 Å². The highest BCUT2D eigenvalue weighted by Crippen LogP contribution is 2.14. The topological polar surface area (TPSA) is 52.6 Å². The molecule has 0 bridgehead atoms. The zero-order valence-electron chi connectivity index (χ0n) is 11.8. The fraction of sp³-hybridized carbons (Fsp3) is 0.0588. The summed E-state index contributed by atoms with van der Waals surface area (Å²) in [4.78, 5) is 23.1. The summed E-state index contributed by atoms with van der Waals surface area (Å²) in [6.07, 6.45) is 2.62. The van der Waals surface area contributed by atoms with E-state index in [0.29, 0.717) is 5.56 Å². The lowest BCUT2D eigenvalue weighted by molar-refractivity contribution is -0.128. The molecule has 2 aromatic carbocycles. The second-order valence-electron chi connectivity index (χ2n) is 4.33. The molecule has 0 aliphatic rings. The summed E-state index contributed by atoms with van der Waals surface area (Å²) >= 11 is 0. The van der Waals surface area contributed by atoms with Gasteiger partial charge in [0.2, 0.25) is 0 Å². The van der Waals surface area contributed by atoms with Gasteiger partial charge in [0.15, 0.2) is 0 Å². The molecular formula is C17H13FO4. The molecule has 0 spiro atoms. The molecule has 22 heavy (non-hydrogen) atoms. The molecule has 0 fully saturated rings. The minimum absolute atomic E-state index is 0.219. The van der Waals surface area contributed by atoms with Crippen LogP contribution in [0, 0.1) is 5.82 Å². The second kappa shape index (κ2) is 7.17. The number of carbonyl (C=O) groups excluding carboxylic acids is 2. The minimum atomic E-state index is -0.633. The van der Waals surface area contributed by atoms with Crippen LogP contribution in [0.15, 0.2) is 54.6 Å². The third kappa shape index (κ3) is 4.28. The van der Waals surface area contributed by atoms with Crippen molar-refractivity contribution in [1.29, 1.82) is 0 Å². The molecule has 0 saturated carbocycles. The van der Waals surface area contributed by atoms with E-state index in [2.05, 4.69) is 4.74 Å². The standard InChI is InChI=1S/C17H13FO4/c1-21-17(20)13-5-3-7-15(11-13)22-16(19)9-8-12-4-2-6-14(18)10-12/h2-11H,1H3/b9-8+. The number of rotatable bonds is 4. The zero-order chi connectivity index (χ0) is 15.9. The van der Waals surface area contributed by atoms with Gasteiger partial charge in [-0.15, -0.1) is 0 Å². The van der Waals surface area contributed by atoms with Crippen molar-refractivity contribution in [2.45, 2.75) is 0 Å². The molecule has 0 aliphatic carbocycles. The van der Waals surface area contributed by atoms with Crippen LogP contribution >= 0.6 is 0 Å². The van der Waals surface area contributed by atoms with Crippen molar-refractivity contribution < 1.29 is 23.5 Å². The van der Waals surface area contributed by atoms with Crippen molar-refractivity contribution in [3.8, 4) is 5.75 Å². The van der Waals surface area contributed by atoms with Crippen LogP contribution < -0.4 is 4.74 Å². The number of hydrogen-bond acceptors (Lipinski definition) is 4. The second-order valence-corrected chi connectivity index (χ2v) is 4.33. The molecular weight excluding hydrogens is 287 g/mol. The van der Waals surface area contributed by atoms with Gasteiger partial charge in [0.05, 0.1) is 12.7 Å². The van der Waals surface area contributed by atoms with Gasteiger partial charge in [0.1, 0.15) is 11.6 Å². The van der Waals surface area contributed by atoms with E-state index in [-0.39, 0.29) is 17.1 Å². The number of benzene rings is 2. The van der Waals surface area contributed by atoms with Gasteiger partial charge in [0, 0.05) is 6.08 Å². The predicted octanol–water partition coefficient (Wildman–Crippen LogP) is 3.23. The molecule has 2 aromatic rings. The first-order valence-corrected chi connectivity index (χ1v) is 6.42.